The van der Waals surface area contributed by atoms with Gasteiger partial charge < -0.3 is 10.2 Å². The summed E-state index contributed by atoms with van der Waals surface area (Å²) < 4.78 is 1.84. The normalized spacial score (nSPS) is 16.9. The van der Waals surface area contributed by atoms with Crippen LogP contribution in [0, 0.1) is 19.8 Å². The Labute approximate surface area is 152 Å². The van der Waals surface area contributed by atoms with Gasteiger partial charge in [-0.2, -0.15) is 5.10 Å². The van der Waals surface area contributed by atoms with Crippen LogP contribution >= 0.6 is 0 Å². The van der Waals surface area contributed by atoms with Crippen LogP contribution in [0.25, 0.3) is 0 Å². The molecule has 0 spiro atoms. The number of pyridine rings is 1. The lowest BCUT2D eigenvalue weighted by Gasteiger charge is -2.16. The largest absolute Gasteiger partial charge is 0.356 e. The first-order valence-corrected chi connectivity index (χ1v) is 8.85. The van der Waals surface area contributed by atoms with Gasteiger partial charge in [-0.1, -0.05) is 0 Å². The molecule has 2 aromatic heterocycles. The van der Waals surface area contributed by atoms with Gasteiger partial charge in [-0.25, -0.2) is 4.98 Å². The first kappa shape index (κ1) is 18.0. The van der Waals surface area contributed by atoms with Crippen molar-refractivity contribution in [2.75, 3.05) is 13.1 Å². The zero-order valence-electron chi connectivity index (χ0n) is 15.2. The topological polar surface area (TPSA) is 93.0 Å². The summed E-state index contributed by atoms with van der Waals surface area (Å²) in [7, 11) is 0. The van der Waals surface area contributed by atoms with Gasteiger partial charge >= 0.3 is 0 Å². The molecule has 0 aromatic carbocycles. The third-order valence-electron chi connectivity index (χ3n) is 4.52. The predicted molar refractivity (Wildman–Crippen MR) is 94.9 cm³/mol. The first-order chi connectivity index (χ1) is 12.5. The van der Waals surface area contributed by atoms with E-state index >= 15 is 0 Å². The summed E-state index contributed by atoms with van der Waals surface area (Å²) >= 11 is 0. The lowest BCUT2D eigenvalue weighted by atomic mass is 10.1. The molecule has 1 unspecified atom stereocenters. The fraction of sp³-hybridized carbons (Fsp3) is 0.500. The summed E-state index contributed by atoms with van der Waals surface area (Å²) in [5.74, 6) is 1.32. The third kappa shape index (κ3) is 4.44. The van der Waals surface area contributed by atoms with Gasteiger partial charge in [0.25, 0.3) is 0 Å². The Morgan fingerprint density at radius 3 is 2.77 bits per heavy atom. The van der Waals surface area contributed by atoms with Crippen molar-refractivity contribution >= 4 is 11.8 Å². The Morgan fingerprint density at radius 2 is 2.08 bits per heavy atom. The Kier molecular flexibility index (Phi) is 5.60. The van der Waals surface area contributed by atoms with Crippen molar-refractivity contribution in [3.8, 4) is 0 Å². The molecule has 8 heteroatoms. The molecule has 3 rings (SSSR count). The quantitative estimate of drug-likeness (QED) is 0.742. The van der Waals surface area contributed by atoms with Crippen molar-refractivity contribution < 1.29 is 9.59 Å². The summed E-state index contributed by atoms with van der Waals surface area (Å²) in [6.45, 7) is 6.04. The fourth-order valence-corrected chi connectivity index (χ4v) is 3.17. The number of aromatic nitrogens is 4. The van der Waals surface area contributed by atoms with E-state index in [-0.39, 0.29) is 24.2 Å². The Morgan fingerprint density at radius 1 is 1.31 bits per heavy atom. The minimum absolute atomic E-state index is 0.0238. The van der Waals surface area contributed by atoms with Crippen LogP contribution in [0.1, 0.15) is 30.1 Å². The Bertz CT molecular complexity index is 773. The lowest BCUT2D eigenvalue weighted by Crippen LogP contribution is -2.33. The smallest absolute Gasteiger partial charge is 0.225 e. The molecule has 1 aliphatic heterocycles. The zero-order valence-corrected chi connectivity index (χ0v) is 15.2. The number of carbonyl (C=O) groups is 2. The predicted octanol–water partition coefficient (Wildman–Crippen LogP) is 0.845. The maximum atomic E-state index is 12.3. The molecule has 1 atom stereocenters. The minimum Gasteiger partial charge on any atom is -0.356 e. The molecule has 2 amide bonds. The molecule has 138 valence electrons. The maximum absolute atomic E-state index is 12.3. The van der Waals surface area contributed by atoms with Gasteiger partial charge in [0.2, 0.25) is 11.8 Å². The number of nitrogens with one attached hydrogen (secondary N) is 1. The van der Waals surface area contributed by atoms with E-state index in [9.17, 15) is 9.59 Å². The molecular formula is C18H24N6O2. The molecule has 2 aromatic rings. The average Bonchev–Trinajstić information content (AvgIpc) is 3.14. The summed E-state index contributed by atoms with van der Waals surface area (Å²) in [5.41, 5.74) is 1.02. The molecule has 0 aliphatic carbocycles. The van der Waals surface area contributed by atoms with Crippen molar-refractivity contribution in [2.24, 2.45) is 5.92 Å². The van der Waals surface area contributed by atoms with Gasteiger partial charge in [-0.15, -0.1) is 0 Å². The molecule has 0 bridgehead atoms. The molecule has 8 nitrogen and oxygen atoms in total. The van der Waals surface area contributed by atoms with Crippen LogP contribution in [0.3, 0.4) is 0 Å². The second-order valence-electron chi connectivity index (χ2n) is 6.60. The van der Waals surface area contributed by atoms with Crippen molar-refractivity contribution in [3.63, 3.8) is 0 Å². The summed E-state index contributed by atoms with van der Waals surface area (Å²) in [6.07, 6.45) is 4.46. The molecule has 1 N–H and O–H groups in total. The highest BCUT2D eigenvalue weighted by Crippen LogP contribution is 2.20. The second kappa shape index (κ2) is 8.07. The van der Waals surface area contributed by atoms with Crippen molar-refractivity contribution in [1.82, 2.24) is 30.0 Å². The number of aryl methyl sites for hydroxylation is 3. The lowest BCUT2D eigenvalue weighted by molar-refractivity contribution is -0.129. The second-order valence-corrected chi connectivity index (χ2v) is 6.60. The zero-order chi connectivity index (χ0) is 18.5. The molecule has 1 fully saturated rings. The van der Waals surface area contributed by atoms with Crippen molar-refractivity contribution in [3.05, 3.63) is 41.7 Å². The van der Waals surface area contributed by atoms with E-state index in [1.165, 1.54) is 0 Å². The molecule has 26 heavy (non-hydrogen) atoms. The van der Waals surface area contributed by atoms with Crippen LogP contribution in [0.15, 0.2) is 24.5 Å². The number of likely N-dealkylation sites (tertiary alicyclic amines) is 1. The maximum Gasteiger partial charge on any atom is 0.225 e. The van der Waals surface area contributed by atoms with E-state index in [1.54, 1.807) is 17.3 Å². The van der Waals surface area contributed by atoms with Crippen molar-refractivity contribution in [2.45, 2.75) is 39.8 Å². The van der Waals surface area contributed by atoms with Gasteiger partial charge in [-0.05, 0) is 38.0 Å². The summed E-state index contributed by atoms with van der Waals surface area (Å²) in [4.78, 5) is 34.5. The Balaban J connectivity index is 1.42. The Hall–Kier alpha value is -2.77. The van der Waals surface area contributed by atoms with Gasteiger partial charge in [0.05, 0.1) is 5.92 Å². The molecule has 1 saturated heterocycles. The van der Waals surface area contributed by atoms with E-state index in [4.69, 9.17) is 0 Å². The molecular weight excluding hydrogens is 332 g/mol. The molecule has 3 heterocycles. The number of carbonyl (C=O) groups excluding carboxylic acids is 2. The minimum atomic E-state index is -0.278. The van der Waals surface area contributed by atoms with Crippen LogP contribution in [0.2, 0.25) is 0 Å². The van der Waals surface area contributed by atoms with Gasteiger partial charge in [0, 0.05) is 45.0 Å². The number of amides is 2. The van der Waals surface area contributed by atoms with E-state index in [0.29, 0.717) is 26.2 Å². The van der Waals surface area contributed by atoms with E-state index in [1.807, 2.05) is 30.7 Å². The van der Waals surface area contributed by atoms with E-state index in [0.717, 1.165) is 23.6 Å². The van der Waals surface area contributed by atoms with Crippen LogP contribution < -0.4 is 5.32 Å². The standard InChI is InChI=1S/C18H24N6O2/c1-13-21-14(2)24(22-13)9-3-6-20-18(26)16-10-17(25)23(12-16)11-15-4-7-19-8-5-15/h4-5,7-8,16H,3,6,9-12H2,1-2H3,(H,20,26). The number of hydrogen-bond acceptors (Lipinski definition) is 5. The average molecular weight is 356 g/mol. The van der Waals surface area contributed by atoms with Gasteiger partial charge in [-0.3, -0.25) is 19.3 Å². The molecule has 0 saturated carbocycles. The van der Waals surface area contributed by atoms with Crippen LogP contribution in [0.5, 0.6) is 0 Å². The summed E-state index contributed by atoms with van der Waals surface area (Å²) in [6, 6.07) is 3.77. The highest BCUT2D eigenvalue weighted by atomic mass is 16.2. The molecule has 0 radical (unpaired) electrons. The van der Waals surface area contributed by atoms with Crippen molar-refractivity contribution in [1.29, 1.82) is 0 Å². The van der Waals surface area contributed by atoms with Crippen LogP contribution in [0.4, 0.5) is 0 Å². The number of rotatable bonds is 7. The number of hydrogen-bond donors (Lipinski definition) is 1. The van der Waals surface area contributed by atoms with Gasteiger partial charge in [0.15, 0.2) is 0 Å². The van der Waals surface area contributed by atoms with E-state index in [2.05, 4.69) is 20.4 Å². The SMILES string of the molecule is Cc1nc(C)n(CCCNC(=O)C2CC(=O)N(Cc3ccncc3)C2)n1. The first-order valence-electron chi connectivity index (χ1n) is 8.85. The highest BCUT2D eigenvalue weighted by Gasteiger charge is 2.33. The van der Waals surface area contributed by atoms with Crippen LogP contribution in [-0.2, 0) is 22.7 Å². The molecule has 1 aliphatic rings. The third-order valence-corrected chi connectivity index (χ3v) is 4.52. The van der Waals surface area contributed by atoms with E-state index < -0.39 is 0 Å². The fourth-order valence-electron chi connectivity index (χ4n) is 3.17. The summed E-state index contributed by atoms with van der Waals surface area (Å²) in [5, 5.41) is 7.24. The monoisotopic (exact) mass is 356 g/mol. The number of nitrogens with zero attached hydrogens (tertiary/aromatic N) is 5. The highest BCUT2D eigenvalue weighted by molar-refractivity contribution is 5.89. The van der Waals surface area contributed by atoms with Crippen LogP contribution in [-0.4, -0.2) is 49.6 Å². The van der Waals surface area contributed by atoms with Gasteiger partial charge in [0.1, 0.15) is 11.6 Å².